The van der Waals surface area contributed by atoms with Crippen LogP contribution in [0.25, 0.3) is 11.3 Å². The zero-order valence-electron chi connectivity index (χ0n) is 16.9. The molecule has 4 rings (SSSR count). The van der Waals surface area contributed by atoms with Crippen LogP contribution < -0.4 is 19.3 Å². The Bertz CT molecular complexity index is 938. The lowest BCUT2D eigenvalue weighted by Gasteiger charge is -2.37. The summed E-state index contributed by atoms with van der Waals surface area (Å²) in [5.74, 6) is 2.70. The number of benzene rings is 2. The number of piperazine rings is 1. The van der Waals surface area contributed by atoms with Crippen LogP contribution in [-0.4, -0.2) is 49.9 Å². The van der Waals surface area contributed by atoms with Crippen molar-refractivity contribution < 1.29 is 9.47 Å². The first kappa shape index (κ1) is 19.1. The largest absolute Gasteiger partial charge is 0.495 e. The standard InChI is InChI=1S/C23H26N4O2/c1-3-29-19-10-8-18(9-11-19)20-16-24-17-23(25-20)27-14-12-26(13-15-27)21-6-4-5-7-22(21)28-2/h4-11,16-17H,3,12-15H2,1-2H3. The van der Waals surface area contributed by atoms with E-state index in [-0.39, 0.29) is 0 Å². The van der Waals surface area contributed by atoms with Crippen molar-refractivity contribution in [3.63, 3.8) is 0 Å². The highest BCUT2D eigenvalue weighted by Crippen LogP contribution is 2.29. The molecule has 1 aliphatic heterocycles. The quantitative estimate of drug-likeness (QED) is 0.637. The first-order chi connectivity index (χ1) is 14.3. The van der Waals surface area contributed by atoms with Crippen LogP contribution in [0.15, 0.2) is 60.9 Å². The van der Waals surface area contributed by atoms with Gasteiger partial charge in [0.1, 0.15) is 17.3 Å². The van der Waals surface area contributed by atoms with Gasteiger partial charge in [0.15, 0.2) is 0 Å². The topological polar surface area (TPSA) is 50.7 Å². The SMILES string of the molecule is CCOc1ccc(-c2cncc(N3CCN(c4ccccc4OC)CC3)n2)cc1. The Balaban J connectivity index is 1.46. The summed E-state index contributed by atoms with van der Waals surface area (Å²) < 4.78 is 11.0. The predicted molar refractivity (Wildman–Crippen MR) is 116 cm³/mol. The fraction of sp³-hybridized carbons (Fsp3) is 0.304. The van der Waals surface area contributed by atoms with Gasteiger partial charge in [0.2, 0.25) is 0 Å². The average Bonchev–Trinajstić information content (AvgIpc) is 2.80. The van der Waals surface area contributed by atoms with E-state index >= 15 is 0 Å². The molecule has 3 aromatic rings. The third-order valence-electron chi connectivity index (χ3n) is 5.11. The van der Waals surface area contributed by atoms with Crippen LogP contribution in [0.4, 0.5) is 11.5 Å². The molecule has 1 fully saturated rings. The number of nitrogens with zero attached hydrogens (tertiary/aromatic N) is 4. The molecular weight excluding hydrogens is 364 g/mol. The molecule has 0 bridgehead atoms. The molecule has 6 heteroatoms. The van der Waals surface area contributed by atoms with E-state index in [1.165, 1.54) is 0 Å². The van der Waals surface area contributed by atoms with Crippen molar-refractivity contribution in [3.05, 3.63) is 60.9 Å². The van der Waals surface area contributed by atoms with E-state index in [0.717, 1.165) is 60.4 Å². The molecule has 1 saturated heterocycles. The third-order valence-corrected chi connectivity index (χ3v) is 5.11. The van der Waals surface area contributed by atoms with Crippen molar-refractivity contribution in [2.24, 2.45) is 0 Å². The number of hydrogen-bond donors (Lipinski definition) is 0. The zero-order chi connectivity index (χ0) is 20.1. The minimum atomic E-state index is 0.662. The lowest BCUT2D eigenvalue weighted by atomic mass is 10.1. The molecule has 2 aromatic carbocycles. The van der Waals surface area contributed by atoms with Crippen LogP contribution >= 0.6 is 0 Å². The number of rotatable bonds is 6. The number of hydrogen-bond acceptors (Lipinski definition) is 6. The molecule has 0 unspecified atom stereocenters. The molecule has 0 saturated carbocycles. The normalized spacial score (nSPS) is 14.0. The monoisotopic (exact) mass is 390 g/mol. The Hall–Kier alpha value is -3.28. The Morgan fingerprint density at radius 1 is 0.897 bits per heavy atom. The molecule has 0 aliphatic carbocycles. The van der Waals surface area contributed by atoms with Crippen molar-refractivity contribution in [2.45, 2.75) is 6.92 Å². The molecule has 2 heterocycles. The Morgan fingerprint density at radius 2 is 1.62 bits per heavy atom. The highest BCUT2D eigenvalue weighted by atomic mass is 16.5. The smallest absolute Gasteiger partial charge is 0.147 e. The van der Waals surface area contributed by atoms with Crippen LogP contribution in [0, 0.1) is 0 Å². The second-order valence-corrected chi connectivity index (χ2v) is 6.87. The number of ether oxygens (including phenoxy) is 2. The first-order valence-corrected chi connectivity index (χ1v) is 9.96. The zero-order valence-corrected chi connectivity index (χ0v) is 16.9. The van der Waals surface area contributed by atoms with Gasteiger partial charge < -0.3 is 19.3 Å². The van der Waals surface area contributed by atoms with Crippen molar-refractivity contribution in [2.75, 3.05) is 49.7 Å². The maximum atomic E-state index is 5.52. The summed E-state index contributed by atoms with van der Waals surface area (Å²) >= 11 is 0. The van der Waals surface area contributed by atoms with E-state index in [0.29, 0.717) is 6.61 Å². The minimum absolute atomic E-state index is 0.662. The van der Waals surface area contributed by atoms with Crippen molar-refractivity contribution in [1.82, 2.24) is 9.97 Å². The van der Waals surface area contributed by atoms with Crippen molar-refractivity contribution >= 4 is 11.5 Å². The Morgan fingerprint density at radius 3 is 2.34 bits per heavy atom. The lowest BCUT2D eigenvalue weighted by Crippen LogP contribution is -2.47. The second-order valence-electron chi connectivity index (χ2n) is 6.87. The van der Waals surface area contributed by atoms with Gasteiger partial charge in [0.25, 0.3) is 0 Å². The van der Waals surface area contributed by atoms with Crippen molar-refractivity contribution in [3.8, 4) is 22.8 Å². The van der Waals surface area contributed by atoms with Gasteiger partial charge in [-0.2, -0.15) is 0 Å². The lowest BCUT2D eigenvalue weighted by molar-refractivity contribution is 0.340. The summed E-state index contributed by atoms with van der Waals surface area (Å²) in [4.78, 5) is 13.9. The Labute approximate surface area is 171 Å². The molecule has 0 radical (unpaired) electrons. The summed E-state index contributed by atoms with van der Waals surface area (Å²) in [5.41, 5.74) is 3.05. The van der Waals surface area contributed by atoms with E-state index < -0.39 is 0 Å². The first-order valence-electron chi connectivity index (χ1n) is 9.96. The molecule has 29 heavy (non-hydrogen) atoms. The fourth-order valence-electron chi connectivity index (χ4n) is 3.60. The van der Waals surface area contributed by atoms with Gasteiger partial charge >= 0.3 is 0 Å². The van der Waals surface area contributed by atoms with Crippen LogP contribution in [0.5, 0.6) is 11.5 Å². The summed E-state index contributed by atoms with van der Waals surface area (Å²) in [5, 5.41) is 0. The van der Waals surface area contributed by atoms with Crippen molar-refractivity contribution in [1.29, 1.82) is 0 Å². The molecule has 150 valence electrons. The van der Waals surface area contributed by atoms with Gasteiger partial charge in [0.05, 0.1) is 37.5 Å². The van der Waals surface area contributed by atoms with Gasteiger partial charge in [-0.1, -0.05) is 12.1 Å². The van der Waals surface area contributed by atoms with Crippen LogP contribution in [0.2, 0.25) is 0 Å². The molecule has 1 aromatic heterocycles. The number of methoxy groups -OCH3 is 1. The molecule has 0 N–H and O–H groups in total. The third kappa shape index (κ3) is 4.26. The second kappa shape index (κ2) is 8.82. The summed E-state index contributed by atoms with van der Waals surface area (Å²) in [6.45, 7) is 6.25. The summed E-state index contributed by atoms with van der Waals surface area (Å²) in [7, 11) is 1.72. The summed E-state index contributed by atoms with van der Waals surface area (Å²) in [6.07, 6.45) is 3.65. The van der Waals surface area contributed by atoms with Gasteiger partial charge in [-0.15, -0.1) is 0 Å². The molecule has 0 atom stereocenters. The Kier molecular flexibility index (Phi) is 5.79. The predicted octanol–water partition coefficient (Wildman–Crippen LogP) is 3.88. The van der Waals surface area contributed by atoms with Gasteiger partial charge in [-0.25, -0.2) is 4.98 Å². The maximum absolute atomic E-state index is 5.52. The van der Waals surface area contributed by atoms with E-state index in [2.05, 4.69) is 26.9 Å². The van der Waals surface area contributed by atoms with E-state index in [9.17, 15) is 0 Å². The maximum Gasteiger partial charge on any atom is 0.147 e. The highest BCUT2D eigenvalue weighted by Gasteiger charge is 2.21. The highest BCUT2D eigenvalue weighted by molar-refractivity contribution is 5.62. The van der Waals surface area contributed by atoms with E-state index in [4.69, 9.17) is 14.5 Å². The van der Waals surface area contributed by atoms with Gasteiger partial charge in [-0.05, 0) is 43.3 Å². The molecule has 0 spiro atoms. The van der Waals surface area contributed by atoms with E-state index in [1.54, 1.807) is 7.11 Å². The minimum Gasteiger partial charge on any atom is -0.495 e. The van der Waals surface area contributed by atoms with Gasteiger partial charge in [-0.3, -0.25) is 4.98 Å². The fourth-order valence-corrected chi connectivity index (χ4v) is 3.60. The number of aromatic nitrogens is 2. The van der Waals surface area contributed by atoms with Gasteiger partial charge in [0, 0.05) is 31.7 Å². The van der Waals surface area contributed by atoms with E-state index in [1.807, 2.05) is 55.7 Å². The van der Waals surface area contributed by atoms with Crippen LogP contribution in [0.3, 0.4) is 0 Å². The molecule has 1 aliphatic rings. The van der Waals surface area contributed by atoms with Crippen LogP contribution in [0.1, 0.15) is 6.92 Å². The molecule has 6 nitrogen and oxygen atoms in total. The number of para-hydroxylation sites is 2. The van der Waals surface area contributed by atoms with Crippen LogP contribution in [-0.2, 0) is 0 Å². The molecule has 0 amide bonds. The average molecular weight is 390 g/mol. The number of anilines is 2. The summed E-state index contributed by atoms with van der Waals surface area (Å²) in [6, 6.07) is 16.2. The molecular formula is C23H26N4O2.